The van der Waals surface area contributed by atoms with Crippen LogP contribution in [-0.4, -0.2) is 113 Å². The molecule has 0 aromatic heterocycles. The quantitative estimate of drug-likeness (QED) is 0.344. The lowest BCUT2D eigenvalue weighted by atomic mass is 9.54. The predicted molar refractivity (Wildman–Crippen MR) is 175 cm³/mol. The van der Waals surface area contributed by atoms with Crippen LogP contribution in [0.3, 0.4) is 0 Å². The Bertz CT molecular complexity index is 1740. The summed E-state index contributed by atoms with van der Waals surface area (Å²) >= 11 is 0. The van der Waals surface area contributed by atoms with Crippen molar-refractivity contribution in [2.24, 2.45) is 0 Å². The summed E-state index contributed by atoms with van der Waals surface area (Å²) in [5.41, 5.74) is 1.45. The summed E-state index contributed by atoms with van der Waals surface area (Å²) in [6, 6.07) is 15.8. The largest absolute Gasteiger partial charge is 0.392 e. The van der Waals surface area contributed by atoms with Gasteiger partial charge in [-0.3, -0.25) is 29.0 Å². The highest BCUT2D eigenvalue weighted by molar-refractivity contribution is 8.78. The number of aliphatic hydroxyl groups is 2. The molecule has 10 heterocycles. The smallest absolute Gasteiger partial charge is 0.265 e. The maximum Gasteiger partial charge on any atom is 0.265 e. The van der Waals surface area contributed by atoms with Crippen LogP contribution in [0, 0.1) is 0 Å². The molecule has 8 atom stereocenters. The van der Waals surface area contributed by atoms with Gasteiger partial charge in [-0.25, -0.2) is 0 Å². The van der Waals surface area contributed by atoms with Crippen LogP contribution >= 0.6 is 43.2 Å². The summed E-state index contributed by atoms with van der Waals surface area (Å²) in [5, 5.41) is 28.6. The van der Waals surface area contributed by atoms with Gasteiger partial charge in [0.1, 0.15) is 12.3 Å². The van der Waals surface area contributed by atoms with Crippen molar-refractivity contribution in [3.05, 3.63) is 59.7 Å². The predicted octanol–water partition coefficient (Wildman–Crippen LogP) is 1.33. The summed E-state index contributed by atoms with van der Waals surface area (Å²) in [6.45, 7) is -1.07. The van der Waals surface area contributed by atoms with Gasteiger partial charge < -0.3 is 30.6 Å². The number of carbonyl (C=O) groups is 4. The number of hydrogen-bond donors (Lipinski definition) is 4. The van der Waals surface area contributed by atoms with Crippen LogP contribution in [0.15, 0.2) is 48.5 Å². The minimum atomic E-state index is -1.47. The van der Waals surface area contributed by atoms with E-state index >= 15 is 0 Å². The number of hydrogen-bond acceptors (Lipinski definition) is 12. The molecule has 8 saturated heterocycles. The molecule has 4 unspecified atom stereocenters. The standard InChI is InChI=1S/C30H28N6O6S4/c1-33-21(39)27-11-25(15-7-3-5-9-17(15)31-19(25)35(27)23(41)29(33,13-37)45-43-27)26-12-28-22(40)34(2)30(14-38,46-44-28)24(42)36(28)20(26)32-18-10-6-4-8-16(18)26/h3-10,19-20,31-32,37-38H,11-14H2,1-2H3/t19-,20-,25+,26+,27?,28?,29?,30?/m1/s1. The number of fused-ring (bicyclic) bond motifs is 11. The van der Waals surface area contributed by atoms with Gasteiger partial charge in [0.05, 0.1) is 24.0 Å². The molecule has 12 nitrogen and oxygen atoms in total. The van der Waals surface area contributed by atoms with Crippen molar-refractivity contribution in [3.63, 3.8) is 0 Å². The van der Waals surface area contributed by atoms with Crippen molar-refractivity contribution in [3.8, 4) is 0 Å². The first-order valence-electron chi connectivity index (χ1n) is 15.0. The summed E-state index contributed by atoms with van der Waals surface area (Å²) in [7, 11) is 8.28. The van der Waals surface area contributed by atoms with Gasteiger partial charge in [0.2, 0.25) is 9.74 Å². The molecule has 4 bridgehead atoms. The van der Waals surface area contributed by atoms with Crippen LogP contribution < -0.4 is 10.6 Å². The van der Waals surface area contributed by atoms with Gasteiger partial charge >= 0.3 is 0 Å². The van der Waals surface area contributed by atoms with Gasteiger partial charge in [0.15, 0.2) is 9.74 Å². The zero-order valence-corrected chi connectivity index (χ0v) is 27.8. The molecular formula is C30H28N6O6S4. The zero-order valence-electron chi connectivity index (χ0n) is 24.6. The fourth-order valence-electron chi connectivity index (χ4n) is 9.92. The number of benzene rings is 2. The van der Waals surface area contributed by atoms with E-state index in [0.717, 1.165) is 22.5 Å². The number of carbonyl (C=O) groups excluding carboxylic acids is 4. The van der Waals surface area contributed by atoms with Crippen molar-refractivity contribution in [1.29, 1.82) is 0 Å². The van der Waals surface area contributed by atoms with Crippen LogP contribution in [0.2, 0.25) is 0 Å². The molecule has 0 saturated carbocycles. The zero-order chi connectivity index (χ0) is 31.8. The Balaban J connectivity index is 1.29. The molecule has 8 fully saturated rings. The number of aliphatic hydroxyl groups excluding tert-OH is 2. The Kier molecular flexibility index (Phi) is 5.08. The molecule has 2 aromatic rings. The third-order valence-corrected chi connectivity index (χ3v) is 19.3. The molecule has 4 amide bonds. The molecule has 12 rings (SSSR count). The van der Waals surface area contributed by atoms with Gasteiger partial charge in [0.25, 0.3) is 23.6 Å². The van der Waals surface area contributed by atoms with Gasteiger partial charge in [-0.2, -0.15) is 0 Å². The average molecular weight is 697 g/mol. The van der Waals surface area contributed by atoms with Crippen molar-refractivity contribution in [2.45, 2.75) is 55.5 Å². The van der Waals surface area contributed by atoms with E-state index < -0.39 is 55.9 Å². The van der Waals surface area contributed by atoms with Crippen molar-refractivity contribution in [1.82, 2.24) is 19.6 Å². The highest BCUT2D eigenvalue weighted by Gasteiger charge is 2.87. The fraction of sp³-hybridized carbons (Fsp3) is 0.467. The Morgan fingerprint density at radius 2 is 1.04 bits per heavy atom. The third kappa shape index (κ3) is 2.48. The van der Waals surface area contributed by atoms with E-state index in [9.17, 15) is 29.4 Å². The molecule has 16 heteroatoms. The first kappa shape index (κ1) is 28.3. The number of anilines is 2. The van der Waals surface area contributed by atoms with E-state index in [1.807, 2.05) is 48.5 Å². The van der Waals surface area contributed by atoms with Crippen molar-refractivity contribution >= 4 is 78.2 Å². The van der Waals surface area contributed by atoms with E-state index in [-0.39, 0.29) is 36.5 Å². The normalized spacial score (nSPS) is 43.7. The molecule has 2 aromatic carbocycles. The second-order valence-corrected chi connectivity index (χ2v) is 18.7. The lowest BCUT2D eigenvalue weighted by Crippen LogP contribution is -2.77. The summed E-state index contributed by atoms with van der Waals surface area (Å²) < 4.78 is 0. The summed E-state index contributed by atoms with van der Waals surface area (Å²) in [6.07, 6.45) is -1.01. The number of nitrogens with one attached hydrogen (secondary N) is 2. The van der Waals surface area contributed by atoms with Gasteiger partial charge in [-0.05, 0) is 44.8 Å². The monoisotopic (exact) mass is 696 g/mol. The fourth-order valence-corrected chi connectivity index (χ4v) is 17.2. The van der Waals surface area contributed by atoms with E-state index in [0.29, 0.717) is 0 Å². The van der Waals surface area contributed by atoms with Crippen molar-refractivity contribution in [2.75, 3.05) is 37.9 Å². The van der Waals surface area contributed by atoms with E-state index in [1.165, 1.54) is 53.0 Å². The second kappa shape index (κ2) is 8.26. The summed E-state index contributed by atoms with van der Waals surface area (Å²) in [4.78, 5) is 59.0. The lowest BCUT2D eigenvalue weighted by Gasteiger charge is -2.57. The average Bonchev–Trinajstić information content (AvgIpc) is 3.75. The van der Waals surface area contributed by atoms with Crippen LogP contribution in [0.4, 0.5) is 11.4 Å². The number of likely N-dealkylation sites (N-methyl/N-ethyl adjacent to an activating group) is 2. The molecular weight excluding hydrogens is 669 g/mol. The first-order chi connectivity index (χ1) is 22.1. The van der Waals surface area contributed by atoms with Crippen LogP contribution in [0.25, 0.3) is 0 Å². The number of para-hydroxylation sites is 2. The van der Waals surface area contributed by atoms with Crippen LogP contribution in [0.5, 0.6) is 0 Å². The highest BCUT2D eigenvalue weighted by atomic mass is 33.1. The third-order valence-electron chi connectivity index (χ3n) is 12.0. The lowest BCUT2D eigenvalue weighted by molar-refractivity contribution is -0.166. The van der Waals surface area contributed by atoms with Gasteiger partial charge in [-0.1, -0.05) is 58.0 Å². The van der Waals surface area contributed by atoms with Crippen molar-refractivity contribution < 1.29 is 29.4 Å². The molecule has 4 N–H and O–H groups in total. The topological polar surface area (TPSA) is 146 Å². The number of piperazine rings is 2. The molecule has 238 valence electrons. The van der Waals surface area contributed by atoms with Crippen LogP contribution in [-0.2, 0) is 30.0 Å². The second-order valence-electron chi connectivity index (χ2n) is 13.3. The SMILES string of the molecule is CN1C(=O)C23C[C@]4([C@]56CC78SSC(CO)(C(=O)N7[C@H]5Nc5ccccc56)N(C)C8=O)c5ccccc5N[C@@H]4N2C(=O)C1(CO)SS3. The maximum absolute atomic E-state index is 14.7. The number of nitrogens with zero attached hydrogens (tertiary/aromatic N) is 4. The Morgan fingerprint density at radius 1 is 0.652 bits per heavy atom. The Morgan fingerprint density at radius 3 is 1.43 bits per heavy atom. The minimum Gasteiger partial charge on any atom is -0.392 e. The number of amides is 4. The minimum absolute atomic E-state index is 0.223. The van der Waals surface area contributed by atoms with E-state index in [1.54, 1.807) is 23.9 Å². The van der Waals surface area contributed by atoms with Gasteiger partial charge in [-0.15, -0.1) is 0 Å². The van der Waals surface area contributed by atoms with Gasteiger partial charge in [0, 0.05) is 38.3 Å². The molecule has 0 radical (unpaired) electrons. The van der Waals surface area contributed by atoms with Crippen LogP contribution in [0.1, 0.15) is 24.0 Å². The molecule has 0 aliphatic carbocycles. The number of rotatable bonds is 3. The molecule has 46 heavy (non-hydrogen) atoms. The summed E-state index contributed by atoms with van der Waals surface area (Å²) in [5.74, 6) is -1.19. The van der Waals surface area contributed by atoms with E-state index in [4.69, 9.17) is 0 Å². The molecule has 10 aliphatic heterocycles. The molecule has 10 aliphatic rings. The Labute approximate surface area is 279 Å². The maximum atomic E-state index is 14.7. The van der Waals surface area contributed by atoms with E-state index in [2.05, 4.69) is 10.6 Å². The first-order valence-corrected chi connectivity index (χ1v) is 19.3. The highest BCUT2D eigenvalue weighted by Crippen LogP contribution is 2.78. The Hall–Kier alpha value is -2.76. The molecule has 2 spiro atoms.